The minimum absolute atomic E-state index is 0.0765. The van der Waals surface area contributed by atoms with Gasteiger partial charge in [0.05, 0.1) is 0 Å². The lowest BCUT2D eigenvalue weighted by Gasteiger charge is -2.34. The van der Waals surface area contributed by atoms with Crippen molar-refractivity contribution in [1.82, 2.24) is 10.1 Å². The zero-order valence-electron chi connectivity index (χ0n) is 15.4. The molecule has 0 radical (unpaired) electrons. The Kier molecular flexibility index (Phi) is 5.93. The summed E-state index contributed by atoms with van der Waals surface area (Å²) in [7, 11) is 0. The van der Waals surface area contributed by atoms with Crippen molar-refractivity contribution in [2.45, 2.75) is 52.2 Å². The molecule has 140 valence electrons. The first kappa shape index (κ1) is 18.5. The molecule has 3 rings (SSSR count). The average Bonchev–Trinajstić information content (AvgIpc) is 3.12. The minimum Gasteiger partial charge on any atom is -0.485 e. The normalized spacial score (nSPS) is 17.3. The molecule has 0 saturated carbocycles. The number of carbonyl (C=O) groups is 1. The van der Waals surface area contributed by atoms with Gasteiger partial charge in [-0.2, -0.15) is 0 Å². The van der Waals surface area contributed by atoms with Crippen molar-refractivity contribution in [3.05, 3.63) is 46.8 Å². The predicted molar refractivity (Wildman–Crippen MR) is 97.1 cm³/mol. The van der Waals surface area contributed by atoms with Gasteiger partial charge in [-0.25, -0.2) is 0 Å². The molecular weight excluding hydrogens is 332 g/mol. The third kappa shape index (κ3) is 4.25. The number of aromatic nitrogens is 1. The summed E-state index contributed by atoms with van der Waals surface area (Å²) in [5.41, 5.74) is 2.47. The van der Waals surface area contributed by atoms with Crippen LogP contribution in [0.15, 0.2) is 28.8 Å². The Morgan fingerprint density at radius 2 is 2.19 bits per heavy atom. The van der Waals surface area contributed by atoms with Gasteiger partial charge in [0.2, 0.25) is 0 Å². The number of ether oxygens (including phenoxy) is 1. The average molecular weight is 358 g/mol. The van der Waals surface area contributed by atoms with E-state index in [4.69, 9.17) is 9.26 Å². The van der Waals surface area contributed by atoms with E-state index in [1.807, 2.05) is 36.9 Å². The van der Waals surface area contributed by atoms with Crippen molar-refractivity contribution in [3.8, 4) is 5.75 Å². The van der Waals surface area contributed by atoms with Crippen LogP contribution in [0, 0.1) is 13.8 Å². The number of hydrogen-bond donors (Lipinski definition) is 1. The third-order valence-corrected chi connectivity index (χ3v) is 4.84. The van der Waals surface area contributed by atoms with Crippen molar-refractivity contribution < 1.29 is 19.2 Å². The summed E-state index contributed by atoms with van der Waals surface area (Å²) < 4.78 is 11.1. The van der Waals surface area contributed by atoms with E-state index < -0.39 is 0 Å². The molecule has 2 heterocycles. The van der Waals surface area contributed by atoms with Gasteiger partial charge in [0.15, 0.2) is 11.5 Å². The van der Waals surface area contributed by atoms with Crippen molar-refractivity contribution in [2.24, 2.45) is 0 Å². The van der Waals surface area contributed by atoms with Crippen LogP contribution in [0.25, 0.3) is 0 Å². The first-order valence-electron chi connectivity index (χ1n) is 9.16. The van der Waals surface area contributed by atoms with Gasteiger partial charge in [-0.3, -0.25) is 4.79 Å². The highest BCUT2D eigenvalue weighted by atomic mass is 16.5. The molecule has 0 aliphatic carbocycles. The molecule has 0 bridgehead atoms. The zero-order chi connectivity index (χ0) is 18.5. The molecule has 1 aliphatic heterocycles. The number of piperidine rings is 1. The van der Waals surface area contributed by atoms with Crippen LogP contribution in [-0.4, -0.2) is 40.3 Å². The number of amides is 1. The third-order valence-electron chi connectivity index (χ3n) is 4.84. The quantitative estimate of drug-likeness (QED) is 0.858. The standard InChI is InChI=1S/C20H26N2O4/c1-14-6-7-15(2)19(11-14)25-13-17-12-18(21-26-17)20(24)22-9-4-3-5-16(22)8-10-23/h6-7,11-12,16,23H,3-5,8-10,13H2,1-2H3/t16-/m1/s1. The van der Waals surface area contributed by atoms with Gasteiger partial charge in [-0.05, 0) is 56.7 Å². The minimum atomic E-state index is -0.134. The molecule has 1 fully saturated rings. The van der Waals surface area contributed by atoms with E-state index in [-0.39, 0.29) is 25.2 Å². The molecular formula is C20H26N2O4. The molecule has 2 aromatic rings. The number of likely N-dealkylation sites (tertiary alicyclic amines) is 1. The van der Waals surface area contributed by atoms with Gasteiger partial charge in [0.25, 0.3) is 5.91 Å². The van der Waals surface area contributed by atoms with Crippen molar-refractivity contribution in [2.75, 3.05) is 13.2 Å². The van der Waals surface area contributed by atoms with E-state index in [0.29, 0.717) is 24.4 Å². The van der Waals surface area contributed by atoms with Crippen molar-refractivity contribution in [1.29, 1.82) is 0 Å². The summed E-state index contributed by atoms with van der Waals surface area (Å²) in [6, 6.07) is 7.75. The monoisotopic (exact) mass is 358 g/mol. The van der Waals surface area contributed by atoms with Gasteiger partial charge in [0, 0.05) is 25.3 Å². The summed E-state index contributed by atoms with van der Waals surface area (Å²) in [4.78, 5) is 14.6. The number of nitrogens with zero attached hydrogens (tertiary/aromatic N) is 2. The molecule has 26 heavy (non-hydrogen) atoms. The number of rotatable bonds is 6. The van der Waals surface area contributed by atoms with E-state index in [0.717, 1.165) is 36.1 Å². The van der Waals surface area contributed by atoms with Crippen molar-refractivity contribution in [3.63, 3.8) is 0 Å². The highest BCUT2D eigenvalue weighted by Gasteiger charge is 2.29. The first-order chi connectivity index (χ1) is 12.6. The Morgan fingerprint density at radius 1 is 1.35 bits per heavy atom. The number of aliphatic hydroxyl groups excluding tert-OH is 1. The van der Waals surface area contributed by atoms with Gasteiger partial charge < -0.3 is 19.3 Å². The lowest BCUT2D eigenvalue weighted by atomic mass is 9.99. The molecule has 1 aliphatic rings. The second kappa shape index (κ2) is 8.36. The maximum absolute atomic E-state index is 12.8. The molecule has 1 aromatic heterocycles. The topological polar surface area (TPSA) is 75.8 Å². The molecule has 1 amide bonds. The van der Waals surface area contributed by atoms with Crippen LogP contribution in [0.3, 0.4) is 0 Å². The molecule has 0 unspecified atom stereocenters. The van der Waals surface area contributed by atoms with Crippen LogP contribution in [0.5, 0.6) is 5.75 Å². The summed E-state index contributed by atoms with van der Waals surface area (Å²) in [5, 5.41) is 13.2. The van der Waals surface area contributed by atoms with Crippen molar-refractivity contribution >= 4 is 5.91 Å². The molecule has 6 heteroatoms. The highest BCUT2D eigenvalue weighted by molar-refractivity contribution is 5.92. The second-order valence-corrected chi connectivity index (χ2v) is 6.90. The lowest BCUT2D eigenvalue weighted by molar-refractivity contribution is 0.0564. The van der Waals surface area contributed by atoms with Crippen LogP contribution in [-0.2, 0) is 6.61 Å². The van der Waals surface area contributed by atoms with Gasteiger partial charge in [-0.15, -0.1) is 0 Å². The molecule has 1 aromatic carbocycles. The van der Waals surface area contributed by atoms with E-state index in [1.165, 1.54) is 0 Å². The Morgan fingerprint density at radius 3 is 3.00 bits per heavy atom. The number of aliphatic hydroxyl groups is 1. The molecule has 1 saturated heterocycles. The highest BCUT2D eigenvalue weighted by Crippen LogP contribution is 2.23. The summed E-state index contributed by atoms with van der Waals surface area (Å²) >= 11 is 0. The fourth-order valence-electron chi connectivity index (χ4n) is 3.36. The number of benzene rings is 1. The van der Waals surface area contributed by atoms with Crippen LogP contribution in [0.1, 0.15) is 53.1 Å². The molecule has 1 atom stereocenters. The van der Waals surface area contributed by atoms with Crippen LogP contribution in [0.4, 0.5) is 0 Å². The van der Waals surface area contributed by atoms with Gasteiger partial charge >= 0.3 is 0 Å². The van der Waals surface area contributed by atoms with Crippen LogP contribution < -0.4 is 4.74 Å². The van der Waals surface area contributed by atoms with E-state index in [1.54, 1.807) is 6.07 Å². The van der Waals surface area contributed by atoms with Gasteiger partial charge in [-0.1, -0.05) is 17.3 Å². The SMILES string of the molecule is Cc1ccc(C)c(OCc2cc(C(=O)N3CCCC[C@@H]3CCO)no2)c1. The van der Waals surface area contributed by atoms with Crippen LogP contribution >= 0.6 is 0 Å². The molecule has 0 spiro atoms. The number of hydrogen-bond acceptors (Lipinski definition) is 5. The summed E-state index contributed by atoms with van der Waals surface area (Å²) in [5.74, 6) is 1.18. The van der Waals surface area contributed by atoms with Gasteiger partial charge in [0.1, 0.15) is 12.4 Å². The summed E-state index contributed by atoms with van der Waals surface area (Å²) in [6.07, 6.45) is 3.59. The Balaban J connectivity index is 1.65. The maximum atomic E-state index is 12.8. The predicted octanol–water partition coefficient (Wildman–Crippen LogP) is 3.25. The van der Waals surface area contributed by atoms with E-state index in [9.17, 15) is 9.90 Å². The second-order valence-electron chi connectivity index (χ2n) is 6.90. The Labute approximate surface area is 153 Å². The Bertz CT molecular complexity index is 754. The largest absolute Gasteiger partial charge is 0.485 e. The number of aryl methyl sites for hydroxylation is 2. The molecule has 6 nitrogen and oxygen atoms in total. The Hall–Kier alpha value is -2.34. The molecule has 1 N–H and O–H groups in total. The smallest absolute Gasteiger partial charge is 0.276 e. The summed E-state index contributed by atoms with van der Waals surface area (Å²) in [6.45, 7) is 5.01. The zero-order valence-corrected chi connectivity index (χ0v) is 15.4. The lowest BCUT2D eigenvalue weighted by Crippen LogP contribution is -2.44. The fourth-order valence-corrected chi connectivity index (χ4v) is 3.36. The number of carbonyl (C=O) groups excluding carboxylic acids is 1. The maximum Gasteiger partial charge on any atom is 0.276 e. The first-order valence-corrected chi connectivity index (χ1v) is 9.16. The fraction of sp³-hybridized carbons (Fsp3) is 0.500. The van der Waals surface area contributed by atoms with E-state index >= 15 is 0 Å². The van der Waals surface area contributed by atoms with E-state index in [2.05, 4.69) is 5.16 Å². The van der Waals surface area contributed by atoms with Crippen LogP contribution in [0.2, 0.25) is 0 Å².